The fourth-order valence-electron chi connectivity index (χ4n) is 2.25. The average Bonchev–Trinajstić information content (AvgIpc) is 2.52. The molecule has 0 spiro atoms. The highest BCUT2D eigenvalue weighted by Gasteiger charge is 2.16. The number of ether oxygens (including phenoxy) is 3. The van der Waals surface area contributed by atoms with E-state index in [1.54, 1.807) is 32.4 Å². The van der Waals surface area contributed by atoms with Gasteiger partial charge in [-0.1, -0.05) is 0 Å². The first-order valence-electron chi connectivity index (χ1n) is 6.82. The highest BCUT2D eigenvalue weighted by Crippen LogP contribution is 2.27. The van der Waals surface area contributed by atoms with Crippen LogP contribution in [0.15, 0.2) is 18.2 Å². The van der Waals surface area contributed by atoms with Crippen molar-refractivity contribution in [3.63, 3.8) is 0 Å². The van der Waals surface area contributed by atoms with Crippen LogP contribution in [0.1, 0.15) is 23.2 Å². The van der Waals surface area contributed by atoms with E-state index in [1.165, 1.54) is 0 Å². The molecule has 1 aromatic carbocycles. The van der Waals surface area contributed by atoms with Crippen LogP contribution >= 0.6 is 0 Å². The number of piperidine rings is 1. The van der Waals surface area contributed by atoms with Gasteiger partial charge in [0, 0.05) is 5.56 Å². The summed E-state index contributed by atoms with van der Waals surface area (Å²) in [6, 6.07) is 5.15. The first-order valence-corrected chi connectivity index (χ1v) is 6.82. The van der Waals surface area contributed by atoms with Crippen LogP contribution in [0.5, 0.6) is 11.5 Å². The summed E-state index contributed by atoms with van der Waals surface area (Å²) >= 11 is 0. The number of carbonyl (C=O) groups is 1. The van der Waals surface area contributed by atoms with Crippen molar-refractivity contribution in [2.24, 2.45) is 0 Å². The Balaban J connectivity index is 1.94. The van der Waals surface area contributed by atoms with Crippen molar-refractivity contribution >= 4 is 5.78 Å². The first-order chi connectivity index (χ1) is 9.74. The molecule has 5 heteroatoms. The molecule has 0 aliphatic carbocycles. The molecule has 5 nitrogen and oxygen atoms in total. The van der Waals surface area contributed by atoms with E-state index < -0.39 is 0 Å². The molecule has 1 N–H and O–H groups in total. The number of benzene rings is 1. The van der Waals surface area contributed by atoms with E-state index in [0.29, 0.717) is 17.1 Å². The minimum Gasteiger partial charge on any atom is -0.493 e. The van der Waals surface area contributed by atoms with Gasteiger partial charge in [0.25, 0.3) is 0 Å². The maximum atomic E-state index is 12.1. The first kappa shape index (κ1) is 14.8. The van der Waals surface area contributed by atoms with Crippen LogP contribution in [0.3, 0.4) is 0 Å². The summed E-state index contributed by atoms with van der Waals surface area (Å²) in [7, 11) is 3.12. The molecule has 0 saturated carbocycles. The quantitative estimate of drug-likeness (QED) is 0.803. The molecular weight excluding hydrogens is 258 g/mol. The number of ketones is 1. The van der Waals surface area contributed by atoms with E-state index in [4.69, 9.17) is 14.2 Å². The topological polar surface area (TPSA) is 56.8 Å². The van der Waals surface area contributed by atoms with Crippen molar-refractivity contribution in [3.8, 4) is 11.5 Å². The molecule has 1 aliphatic heterocycles. The van der Waals surface area contributed by atoms with Crippen LogP contribution < -0.4 is 14.8 Å². The van der Waals surface area contributed by atoms with Crippen LogP contribution in [-0.4, -0.2) is 45.8 Å². The minimum absolute atomic E-state index is 0.0375. The fourth-order valence-corrected chi connectivity index (χ4v) is 2.25. The molecule has 0 radical (unpaired) electrons. The third-order valence-corrected chi connectivity index (χ3v) is 3.44. The fraction of sp³-hybridized carbons (Fsp3) is 0.533. The molecule has 110 valence electrons. The van der Waals surface area contributed by atoms with Crippen LogP contribution in [0, 0.1) is 0 Å². The van der Waals surface area contributed by atoms with Crippen molar-refractivity contribution in [1.82, 2.24) is 5.32 Å². The number of rotatable bonds is 6. The SMILES string of the molecule is COc1ccc(C(=O)COC2CCNCC2)cc1OC. The van der Waals surface area contributed by atoms with Gasteiger partial charge in [0.1, 0.15) is 6.61 Å². The lowest BCUT2D eigenvalue weighted by molar-refractivity contribution is 0.0317. The molecule has 0 unspecified atom stereocenters. The van der Waals surface area contributed by atoms with Gasteiger partial charge in [-0.25, -0.2) is 0 Å². The van der Waals surface area contributed by atoms with Crippen LogP contribution in [-0.2, 0) is 4.74 Å². The molecule has 0 atom stereocenters. The molecule has 20 heavy (non-hydrogen) atoms. The minimum atomic E-state index is -0.0375. The molecule has 1 aromatic rings. The zero-order valence-electron chi connectivity index (χ0n) is 12.0. The predicted octanol–water partition coefficient (Wildman–Crippen LogP) is 1.66. The summed E-state index contributed by atoms with van der Waals surface area (Å²) in [6.45, 7) is 2.02. The maximum Gasteiger partial charge on any atom is 0.188 e. The lowest BCUT2D eigenvalue weighted by Gasteiger charge is -2.22. The summed E-state index contributed by atoms with van der Waals surface area (Å²) < 4.78 is 16.0. The highest BCUT2D eigenvalue weighted by molar-refractivity contribution is 5.97. The Kier molecular flexibility index (Phi) is 5.38. The molecule has 1 aliphatic rings. The van der Waals surface area contributed by atoms with Crippen LogP contribution in [0.4, 0.5) is 0 Å². The standard InChI is InChI=1S/C15H21NO4/c1-18-14-4-3-11(9-15(14)19-2)13(17)10-20-12-5-7-16-8-6-12/h3-4,9,12,16H,5-8,10H2,1-2H3. The number of Topliss-reactive ketones (excluding diaryl/α,β-unsaturated/α-hetero) is 1. The zero-order valence-corrected chi connectivity index (χ0v) is 12.0. The largest absolute Gasteiger partial charge is 0.493 e. The normalized spacial score (nSPS) is 15.9. The van der Waals surface area contributed by atoms with Gasteiger partial charge in [0.15, 0.2) is 17.3 Å². The van der Waals surface area contributed by atoms with Gasteiger partial charge < -0.3 is 19.5 Å². The lowest BCUT2D eigenvalue weighted by Crippen LogP contribution is -2.33. The Morgan fingerprint density at radius 2 is 1.90 bits per heavy atom. The second-order valence-electron chi connectivity index (χ2n) is 4.75. The van der Waals surface area contributed by atoms with Gasteiger partial charge in [-0.05, 0) is 44.1 Å². The van der Waals surface area contributed by atoms with E-state index in [1.807, 2.05) is 0 Å². The number of hydrogen-bond acceptors (Lipinski definition) is 5. The lowest BCUT2D eigenvalue weighted by atomic mass is 10.1. The molecule has 1 fully saturated rings. The van der Waals surface area contributed by atoms with Gasteiger partial charge in [0.2, 0.25) is 0 Å². The third kappa shape index (κ3) is 3.71. The van der Waals surface area contributed by atoms with Gasteiger partial charge in [-0.15, -0.1) is 0 Å². The van der Waals surface area contributed by atoms with Crippen LogP contribution in [0.2, 0.25) is 0 Å². The molecule has 1 heterocycles. The number of carbonyl (C=O) groups excluding carboxylic acids is 1. The van der Waals surface area contributed by atoms with E-state index in [-0.39, 0.29) is 18.5 Å². The zero-order chi connectivity index (χ0) is 14.4. The maximum absolute atomic E-state index is 12.1. The monoisotopic (exact) mass is 279 g/mol. The van der Waals surface area contributed by atoms with E-state index in [9.17, 15) is 4.79 Å². The van der Waals surface area contributed by atoms with Gasteiger partial charge in [0.05, 0.1) is 20.3 Å². The molecular formula is C15H21NO4. The Morgan fingerprint density at radius 1 is 1.20 bits per heavy atom. The summed E-state index contributed by atoms with van der Waals surface area (Å²) in [5, 5.41) is 3.27. The number of nitrogens with one attached hydrogen (secondary N) is 1. The molecule has 0 aromatic heterocycles. The Labute approximate surface area is 119 Å². The molecule has 0 bridgehead atoms. The summed E-state index contributed by atoms with van der Waals surface area (Å²) in [4.78, 5) is 12.1. The second-order valence-corrected chi connectivity index (χ2v) is 4.75. The van der Waals surface area contributed by atoms with Crippen molar-refractivity contribution in [2.45, 2.75) is 18.9 Å². The van der Waals surface area contributed by atoms with Gasteiger partial charge >= 0.3 is 0 Å². The summed E-state index contributed by atoms with van der Waals surface area (Å²) in [5.41, 5.74) is 0.580. The molecule has 2 rings (SSSR count). The Hall–Kier alpha value is -1.59. The Bertz CT molecular complexity index is 455. The Morgan fingerprint density at radius 3 is 2.55 bits per heavy atom. The van der Waals surface area contributed by atoms with E-state index >= 15 is 0 Å². The number of methoxy groups -OCH3 is 2. The summed E-state index contributed by atoms with van der Waals surface area (Å²) in [5.74, 6) is 1.13. The van der Waals surface area contributed by atoms with Crippen molar-refractivity contribution in [1.29, 1.82) is 0 Å². The van der Waals surface area contributed by atoms with Gasteiger partial charge in [-0.2, -0.15) is 0 Å². The molecule has 1 saturated heterocycles. The van der Waals surface area contributed by atoms with E-state index in [0.717, 1.165) is 25.9 Å². The average molecular weight is 279 g/mol. The van der Waals surface area contributed by atoms with Crippen molar-refractivity contribution in [3.05, 3.63) is 23.8 Å². The predicted molar refractivity (Wildman–Crippen MR) is 75.7 cm³/mol. The van der Waals surface area contributed by atoms with Crippen LogP contribution in [0.25, 0.3) is 0 Å². The third-order valence-electron chi connectivity index (χ3n) is 3.44. The smallest absolute Gasteiger partial charge is 0.188 e. The second kappa shape index (κ2) is 7.26. The highest BCUT2D eigenvalue weighted by atomic mass is 16.5. The van der Waals surface area contributed by atoms with Crippen molar-refractivity contribution in [2.75, 3.05) is 33.9 Å². The van der Waals surface area contributed by atoms with Gasteiger partial charge in [-0.3, -0.25) is 4.79 Å². The van der Waals surface area contributed by atoms with E-state index in [2.05, 4.69) is 5.32 Å². The van der Waals surface area contributed by atoms with Crippen molar-refractivity contribution < 1.29 is 19.0 Å². The summed E-state index contributed by atoms with van der Waals surface area (Å²) in [6.07, 6.45) is 2.10. The number of hydrogen-bond donors (Lipinski definition) is 1. The molecule has 0 amide bonds.